The standard InChI is InChI=1S/C9H10BrNO4/c10-7-1-2-8(11-5-7)15-4-3-14-6-9(12)13/h1-2,5H,3-4,6H2,(H,12,13). The van der Waals surface area contributed by atoms with Crippen LogP contribution in [0.4, 0.5) is 0 Å². The Kier molecular flexibility index (Phi) is 5.06. The fourth-order valence-electron chi connectivity index (χ4n) is 0.812. The third-order valence-corrected chi connectivity index (χ3v) is 1.87. The zero-order chi connectivity index (χ0) is 11.1. The number of halogens is 1. The fraction of sp³-hybridized carbons (Fsp3) is 0.333. The van der Waals surface area contributed by atoms with Crippen LogP contribution in [0.15, 0.2) is 22.8 Å². The van der Waals surface area contributed by atoms with Crippen LogP contribution in [-0.2, 0) is 9.53 Å². The summed E-state index contributed by atoms with van der Waals surface area (Å²) in [6, 6.07) is 3.52. The highest BCUT2D eigenvalue weighted by Crippen LogP contribution is 2.11. The molecule has 0 spiro atoms. The second kappa shape index (κ2) is 6.36. The van der Waals surface area contributed by atoms with Crippen molar-refractivity contribution in [1.82, 2.24) is 4.98 Å². The molecule has 0 atom stereocenters. The van der Waals surface area contributed by atoms with Gasteiger partial charge in [-0.15, -0.1) is 0 Å². The number of aliphatic carboxylic acids is 1. The molecule has 0 aliphatic rings. The molecule has 1 heterocycles. The summed E-state index contributed by atoms with van der Waals surface area (Å²) in [7, 11) is 0. The normalized spacial score (nSPS) is 9.93. The molecule has 82 valence electrons. The average molecular weight is 276 g/mol. The van der Waals surface area contributed by atoms with Crippen LogP contribution in [0.25, 0.3) is 0 Å². The van der Waals surface area contributed by atoms with Gasteiger partial charge in [0, 0.05) is 16.7 Å². The molecular weight excluding hydrogens is 266 g/mol. The Hall–Kier alpha value is -1.14. The zero-order valence-electron chi connectivity index (χ0n) is 7.85. The van der Waals surface area contributed by atoms with Crippen LogP contribution in [0.1, 0.15) is 0 Å². The van der Waals surface area contributed by atoms with Crippen molar-refractivity contribution in [2.75, 3.05) is 19.8 Å². The maximum Gasteiger partial charge on any atom is 0.329 e. The molecule has 0 radical (unpaired) electrons. The van der Waals surface area contributed by atoms with Crippen molar-refractivity contribution in [3.05, 3.63) is 22.8 Å². The van der Waals surface area contributed by atoms with E-state index in [-0.39, 0.29) is 19.8 Å². The van der Waals surface area contributed by atoms with Crippen molar-refractivity contribution in [3.63, 3.8) is 0 Å². The van der Waals surface area contributed by atoms with E-state index in [0.29, 0.717) is 5.88 Å². The summed E-state index contributed by atoms with van der Waals surface area (Å²) >= 11 is 3.25. The number of hydrogen-bond donors (Lipinski definition) is 1. The molecule has 0 bridgehead atoms. The van der Waals surface area contributed by atoms with Crippen molar-refractivity contribution in [2.45, 2.75) is 0 Å². The summed E-state index contributed by atoms with van der Waals surface area (Å²) in [6.07, 6.45) is 1.62. The number of rotatable bonds is 6. The number of carboxylic acids is 1. The van der Waals surface area contributed by atoms with Gasteiger partial charge in [-0.1, -0.05) is 0 Å². The van der Waals surface area contributed by atoms with Gasteiger partial charge in [0.1, 0.15) is 13.2 Å². The van der Waals surface area contributed by atoms with Gasteiger partial charge in [-0.25, -0.2) is 9.78 Å². The largest absolute Gasteiger partial charge is 0.480 e. The molecule has 1 rings (SSSR count). The molecule has 5 nitrogen and oxygen atoms in total. The number of carboxylic acid groups (broad SMARTS) is 1. The highest BCUT2D eigenvalue weighted by molar-refractivity contribution is 9.10. The second-order valence-corrected chi connectivity index (χ2v) is 3.53. The molecule has 1 aromatic rings. The van der Waals surface area contributed by atoms with Crippen LogP contribution in [0.5, 0.6) is 5.88 Å². The zero-order valence-corrected chi connectivity index (χ0v) is 9.44. The summed E-state index contributed by atoms with van der Waals surface area (Å²) in [4.78, 5) is 14.1. The third kappa shape index (κ3) is 5.34. The minimum atomic E-state index is -0.989. The Morgan fingerprint density at radius 3 is 2.87 bits per heavy atom. The lowest BCUT2D eigenvalue weighted by Crippen LogP contribution is -2.12. The van der Waals surface area contributed by atoms with Crippen LogP contribution in [0.2, 0.25) is 0 Å². The molecular formula is C9H10BrNO4. The van der Waals surface area contributed by atoms with E-state index in [2.05, 4.69) is 20.9 Å². The quantitative estimate of drug-likeness (QED) is 0.794. The third-order valence-electron chi connectivity index (χ3n) is 1.40. The number of carbonyl (C=O) groups is 1. The van der Waals surface area contributed by atoms with E-state index in [1.54, 1.807) is 18.3 Å². The van der Waals surface area contributed by atoms with E-state index >= 15 is 0 Å². The summed E-state index contributed by atoms with van der Waals surface area (Å²) in [5, 5.41) is 8.28. The fourth-order valence-corrected chi connectivity index (χ4v) is 1.05. The molecule has 1 aromatic heterocycles. The molecule has 0 saturated heterocycles. The first-order chi connectivity index (χ1) is 7.18. The van der Waals surface area contributed by atoms with Crippen molar-refractivity contribution in [3.8, 4) is 5.88 Å². The molecule has 0 unspecified atom stereocenters. The van der Waals surface area contributed by atoms with Crippen LogP contribution >= 0.6 is 15.9 Å². The van der Waals surface area contributed by atoms with Gasteiger partial charge in [0.25, 0.3) is 0 Å². The highest BCUT2D eigenvalue weighted by Gasteiger charge is 1.97. The average Bonchev–Trinajstić information content (AvgIpc) is 2.20. The molecule has 0 amide bonds. The number of aromatic nitrogens is 1. The molecule has 0 aliphatic heterocycles. The lowest BCUT2D eigenvalue weighted by molar-refractivity contribution is -0.142. The van der Waals surface area contributed by atoms with Crippen molar-refractivity contribution >= 4 is 21.9 Å². The number of pyridine rings is 1. The van der Waals surface area contributed by atoms with Crippen LogP contribution in [0.3, 0.4) is 0 Å². The molecule has 6 heteroatoms. The van der Waals surface area contributed by atoms with Gasteiger partial charge in [0.2, 0.25) is 5.88 Å². The summed E-state index contributed by atoms with van der Waals surface area (Å²) in [6.45, 7) is 0.198. The number of ether oxygens (including phenoxy) is 2. The minimum absolute atomic E-state index is 0.226. The Bertz CT molecular complexity index is 314. The minimum Gasteiger partial charge on any atom is -0.480 e. The van der Waals surface area contributed by atoms with Crippen LogP contribution < -0.4 is 4.74 Å². The number of hydrogen-bond acceptors (Lipinski definition) is 4. The maximum absolute atomic E-state index is 10.1. The molecule has 0 saturated carbocycles. The molecule has 0 aromatic carbocycles. The lowest BCUT2D eigenvalue weighted by Gasteiger charge is -2.04. The Morgan fingerprint density at radius 1 is 1.47 bits per heavy atom. The SMILES string of the molecule is O=C(O)COCCOc1ccc(Br)cn1. The van der Waals surface area contributed by atoms with E-state index < -0.39 is 5.97 Å². The predicted molar refractivity (Wildman–Crippen MR) is 55.9 cm³/mol. The van der Waals surface area contributed by atoms with Gasteiger partial charge in [-0.2, -0.15) is 0 Å². The van der Waals surface area contributed by atoms with E-state index in [4.69, 9.17) is 14.6 Å². The second-order valence-electron chi connectivity index (χ2n) is 2.61. The highest BCUT2D eigenvalue weighted by atomic mass is 79.9. The van der Waals surface area contributed by atoms with Crippen molar-refractivity contribution in [2.24, 2.45) is 0 Å². The monoisotopic (exact) mass is 275 g/mol. The molecule has 0 fully saturated rings. The lowest BCUT2D eigenvalue weighted by atomic mass is 10.5. The van der Waals surface area contributed by atoms with Gasteiger partial charge >= 0.3 is 5.97 Å². The summed E-state index contributed by atoms with van der Waals surface area (Å²) in [5.41, 5.74) is 0. The summed E-state index contributed by atoms with van der Waals surface area (Å²) in [5.74, 6) is -0.506. The van der Waals surface area contributed by atoms with Crippen molar-refractivity contribution in [1.29, 1.82) is 0 Å². The van der Waals surface area contributed by atoms with Gasteiger partial charge in [0.05, 0.1) is 6.61 Å². The summed E-state index contributed by atoms with van der Waals surface area (Å²) < 4.78 is 10.8. The smallest absolute Gasteiger partial charge is 0.329 e. The maximum atomic E-state index is 10.1. The predicted octanol–water partition coefficient (Wildman–Crippen LogP) is 1.32. The molecule has 0 aliphatic carbocycles. The van der Waals surface area contributed by atoms with Gasteiger partial charge in [0.15, 0.2) is 0 Å². The Morgan fingerprint density at radius 2 is 2.27 bits per heavy atom. The van der Waals surface area contributed by atoms with Crippen LogP contribution in [0, 0.1) is 0 Å². The first-order valence-electron chi connectivity index (χ1n) is 4.22. The first kappa shape index (κ1) is 11.9. The van der Waals surface area contributed by atoms with E-state index in [1.165, 1.54) is 0 Å². The first-order valence-corrected chi connectivity index (χ1v) is 5.01. The Balaban J connectivity index is 2.15. The van der Waals surface area contributed by atoms with Gasteiger partial charge in [-0.3, -0.25) is 0 Å². The Labute approximate surface area is 95.2 Å². The topological polar surface area (TPSA) is 68.7 Å². The molecule has 15 heavy (non-hydrogen) atoms. The molecule has 1 N–H and O–H groups in total. The van der Waals surface area contributed by atoms with Gasteiger partial charge in [-0.05, 0) is 22.0 Å². The van der Waals surface area contributed by atoms with E-state index in [9.17, 15) is 4.79 Å². The van der Waals surface area contributed by atoms with E-state index in [0.717, 1.165) is 4.47 Å². The van der Waals surface area contributed by atoms with Crippen molar-refractivity contribution < 1.29 is 19.4 Å². The number of nitrogens with zero attached hydrogens (tertiary/aromatic N) is 1. The van der Waals surface area contributed by atoms with Crippen LogP contribution in [-0.4, -0.2) is 35.9 Å². The van der Waals surface area contributed by atoms with E-state index in [1.807, 2.05) is 0 Å². The van der Waals surface area contributed by atoms with Gasteiger partial charge < -0.3 is 14.6 Å².